The van der Waals surface area contributed by atoms with Crippen LogP contribution in [0, 0.1) is 0 Å². The molecule has 0 aliphatic carbocycles. The summed E-state index contributed by atoms with van der Waals surface area (Å²) in [6.45, 7) is 0.740. The lowest BCUT2D eigenvalue weighted by Gasteiger charge is -2.36. The van der Waals surface area contributed by atoms with Crippen LogP contribution in [-0.2, 0) is 11.2 Å². The molecule has 1 fully saturated rings. The largest absolute Gasteiger partial charge is 0.478 e. The van der Waals surface area contributed by atoms with Crippen molar-refractivity contribution in [2.45, 2.75) is 18.9 Å². The Labute approximate surface area is 151 Å². The highest BCUT2D eigenvalue weighted by atomic mass is 32.2. The van der Waals surface area contributed by atoms with Crippen LogP contribution < -0.4 is 0 Å². The Kier molecular flexibility index (Phi) is 5.76. The lowest BCUT2D eigenvalue weighted by Crippen LogP contribution is -2.40. The molecule has 4 nitrogen and oxygen atoms in total. The number of nitrogens with zero attached hydrogens (tertiary/aromatic N) is 1. The molecule has 1 unspecified atom stereocenters. The number of hydrogen-bond acceptors (Lipinski definition) is 3. The highest BCUT2D eigenvalue weighted by Gasteiger charge is 2.28. The number of carboxylic acids is 1. The molecule has 1 aliphatic heterocycles. The first-order valence-electron chi connectivity index (χ1n) is 8.40. The molecule has 2 aromatic carbocycles. The summed E-state index contributed by atoms with van der Waals surface area (Å²) in [6, 6.07) is 17.1. The number of benzene rings is 2. The molecule has 3 rings (SSSR count). The van der Waals surface area contributed by atoms with E-state index in [-0.39, 0.29) is 17.5 Å². The number of thioether (sulfide) groups is 1. The molecular formula is C20H21NO3S. The summed E-state index contributed by atoms with van der Waals surface area (Å²) in [4.78, 5) is 26.1. The fraction of sp³-hybridized carbons (Fsp3) is 0.300. The highest BCUT2D eigenvalue weighted by Crippen LogP contribution is 2.30. The Morgan fingerprint density at radius 2 is 1.80 bits per heavy atom. The number of amides is 1. The summed E-state index contributed by atoms with van der Waals surface area (Å²) in [7, 11) is 0. The monoisotopic (exact) mass is 355 g/mol. The second-order valence-corrected chi connectivity index (χ2v) is 7.20. The van der Waals surface area contributed by atoms with Crippen molar-refractivity contribution in [2.75, 3.05) is 18.1 Å². The van der Waals surface area contributed by atoms with Crippen molar-refractivity contribution in [3.63, 3.8) is 0 Å². The number of carbonyl (C=O) groups excluding carboxylic acids is 1. The van der Waals surface area contributed by atoms with E-state index in [1.54, 1.807) is 18.2 Å². The summed E-state index contributed by atoms with van der Waals surface area (Å²) in [5, 5.41) is 9.27. The maximum Gasteiger partial charge on any atom is 0.335 e. The van der Waals surface area contributed by atoms with Crippen LogP contribution in [0.15, 0.2) is 54.6 Å². The van der Waals surface area contributed by atoms with E-state index in [1.165, 1.54) is 0 Å². The fourth-order valence-electron chi connectivity index (χ4n) is 3.19. The molecule has 1 saturated heterocycles. The first-order chi connectivity index (χ1) is 12.2. The van der Waals surface area contributed by atoms with Crippen LogP contribution in [0.2, 0.25) is 0 Å². The van der Waals surface area contributed by atoms with Gasteiger partial charge in [0.2, 0.25) is 5.91 Å². The van der Waals surface area contributed by atoms with E-state index in [2.05, 4.69) is 12.1 Å². The van der Waals surface area contributed by atoms with Gasteiger partial charge in [0.25, 0.3) is 0 Å². The summed E-state index contributed by atoms with van der Waals surface area (Å²) < 4.78 is 0. The molecule has 25 heavy (non-hydrogen) atoms. The van der Waals surface area contributed by atoms with Gasteiger partial charge in [0.15, 0.2) is 0 Å². The zero-order valence-electron chi connectivity index (χ0n) is 13.9. The van der Waals surface area contributed by atoms with Gasteiger partial charge >= 0.3 is 5.97 Å². The third-order valence-electron chi connectivity index (χ3n) is 4.49. The summed E-state index contributed by atoms with van der Waals surface area (Å²) >= 11 is 1.87. The minimum Gasteiger partial charge on any atom is -0.478 e. The van der Waals surface area contributed by atoms with Crippen LogP contribution in [-0.4, -0.2) is 39.9 Å². The number of hydrogen-bond donors (Lipinski definition) is 1. The van der Waals surface area contributed by atoms with E-state index in [4.69, 9.17) is 0 Å². The third-order valence-corrected chi connectivity index (χ3v) is 5.51. The van der Waals surface area contributed by atoms with Crippen molar-refractivity contribution in [1.82, 2.24) is 4.90 Å². The van der Waals surface area contributed by atoms with Gasteiger partial charge in [0, 0.05) is 24.5 Å². The number of rotatable bonds is 5. The van der Waals surface area contributed by atoms with Crippen molar-refractivity contribution in [2.24, 2.45) is 0 Å². The van der Waals surface area contributed by atoms with Crippen LogP contribution in [0.5, 0.6) is 0 Å². The Balaban J connectivity index is 1.70. The Morgan fingerprint density at radius 1 is 1.08 bits per heavy atom. The maximum absolute atomic E-state index is 12.8. The SMILES string of the molecule is O=C(O)c1ccccc1CCC(=O)N1CCSCC1c1ccccc1. The number of carbonyl (C=O) groups is 2. The molecule has 0 spiro atoms. The van der Waals surface area contributed by atoms with Crippen LogP contribution in [0.3, 0.4) is 0 Å². The molecule has 2 aromatic rings. The van der Waals surface area contributed by atoms with Gasteiger partial charge in [-0.15, -0.1) is 0 Å². The normalized spacial score (nSPS) is 17.3. The molecule has 0 bridgehead atoms. The molecular weight excluding hydrogens is 334 g/mol. The molecule has 0 saturated carbocycles. The molecule has 1 N–H and O–H groups in total. The molecule has 0 radical (unpaired) electrons. The van der Waals surface area contributed by atoms with E-state index in [0.717, 1.165) is 23.6 Å². The number of carboxylic acid groups (broad SMARTS) is 1. The van der Waals surface area contributed by atoms with Gasteiger partial charge in [-0.25, -0.2) is 4.79 Å². The van der Waals surface area contributed by atoms with Gasteiger partial charge in [0.05, 0.1) is 11.6 Å². The molecule has 0 aromatic heterocycles. The molecule has 1 atom stereocenters. The average molecular weight is 355 g/mol. The highest BCUT2D eigenvalue weighted by molar-refractivity contribution is 7.99. The summed E-state index contributed by atoms with van der Waals surface area (Å²) in [6.07, 6.45) is 0.782. The zero-order valence-corrected chi connectivity index (χ0v) is 14.7. The van der Waals surface area contributed by atoms with Crippen LogP contribution in [0.1, 0.15) is 33.9 Å². The molecule has 1 heterocycles. The van der Waals surface area contributed by atoms with Gasteiger partial charge in [-0.1, -0.05) is 48.5 Å². The first-order valence-corrected chi connectivity index (χ1v) is 9.55. The number of aryl methyl sites for hydroxylation is 1. The van der Waals surface area contributed by atoms with Gasteiger partial charge in [-0.2, -0.15) is 11.8 Å². The van der Waals surface area contributed by atoms with E-state index < -0.39 is 5.97 Å². The van der Waals surface area contributed by atoms with Gasteiger partial charge in [-0.05, 0) is 23.6 Å². The fourth-order valence-corrected chi connectivity index (χ4v) is 4.27. The van der Waals surface area contributed by atoms with Crippen molar-refractivity contribution in [1.29, 1.82) is 0 Å². The van der Waals surface area contributed by atoms with Crippen molar-refractivity contribution >= 4 is 23.6 Å². The van der Waals surface area contributed by atoms with Gasteiger partial charge in [0.1, 0.15) is 0 Å². The van der Waals surface area contributed by atoms with E-state index in [9.17, 15) is 14.7 Å². The standard InChI is InChI=1S/C20H21NO3S/c22-19(11-10-15-6-4-5-9-17(15)20(23)24)21-12-13-25-14-18(21)16-7-2-1-3-8-16/h1-9,18H,10-14H2,(H,23,24). The third kappa shape index (κ3) is 4.23. The lowest BCUT2D eigenvalue weighted by molar-refractivity contribution is -0.133. The van der Waals surface area contributed by atoms with Crippen molar-refractivity contribution < 1.29 is 14.7 Å². The molecule has 5 heteroatoms. The van der Waals surface area contributed by atoms with Crippen LogP contribution in [0.25, 0.3) is 0 Å². The van der Waals surface area contributed by atoms with Crippen molar-refractivity contribution in [3.05, 3.63) is 71.3 Å². The number of aromatic carboxylic acids is 1. The topological polar surface area (TPSA) is 57.6 Å². The van der Waals surface area contributed by atoms with Crippen molar-refractivity contribution in [3.8, 4) is 0 Å². The average Bonchev–Trinajstić information content (AvgIpc) is 2.67. The van der Waals surface area contributed by atoms with Gasteiger partial charge < -0.3 is 10.0 Å². The predicted octanol–water partition coefficient (Wildman–Crippen LogP) is 3.63. The van der Waals surface area contributed by atoms with Crippen LogP contribution in [0.4, 0.5) is 0 Å². The zero-order chi connectivity index (χ0) is 17.6. The van der Waals surface area contributed by atoms with E-state index in [0.29, 0.717) is 18.4 Å². The van der Waals surface area contributed by atoms with Gasteiger partial charge in [-0.3, -0.25) is 4.79 Å². The minimum atomic E-state index is -0.945. The Hall–Kier alpha value is -2.27. The molecule has 1 amide bonds. The quantitative estimate of drug-likeness (QED) is 0.890. The minimum absolute atomic E-state index is 0.0920. The Morgan fingerprint density at radius 3 is 2.56 bits per heavy atom. The molecule has 130 valence electrons. The molecule has 1 aliphatic rings. The maximum atomic E-state index is 12.8. The second kappa shape index (κ2) is 8.21. The van der Waals surface area contributed by atoms with E-state index >= 15 is 0 Å². The predicted molar refractivity (Wildman–Crippen MR) is 99.9 cm³/mol. The first kappa shape index (κ1) is 17.5. The Bertz CT molecular complexity index is 748. The smallest absolute Gasteiger partial charge is 0.335 e. The van der Waals surface area contributed by atoms with Crippen LogP contribution >= 0.6 is 11.8 Å². The summed E-state index contributed by atoms with van der Waals surface area (Å²) in [5.41, 5.74) is 2.16. The second-order valence-electron chi connectivity index (χ2n) is 6.05. The van der Waals surface area contributed by atoms with E-state index in [1.807, 2.05) is 40.9 Å². The summed E-state index contributed by atoms with van der Waals surface area (Å²) in [5.74, 6) is 0.997. The lowest BCUT2D eigenvalue weighted by atomic mass is 10.0.